The van der Waals surface area contributed by atoms with E-state index in [1.807, 2.05) is 0 Å². The van der Waals surface area contributed by atoms with Crippen molar-refractivity contribution in [1.29, 1.82) is 0 Å². The van der Waals surface area contributed by atoms with Crippen molar-refractivity contribution in [1.82, 2.24) is 0 Å². The Morgan fingerprint density at radius 2 is 1.78 bits per heavy atom. The molecule has 0 heterocycles. The van der Waals surface area contributed by atoms with Gasteiger partial charge in [0.1, 0.15) is 5.75 Å². The Morgan fingerprint density at radius 3 is 2.39 bits per heavy atom. The highest BCUT2D eigenvalue weighted by Crippen LogP contribution is 2.29. The molecule has 0 unspecified atom stereocenters. The molecule has 0 fully saturated rings. The zero-order chi connectivity index (χ0) is 13.1. The quantitative estimate of drug-likeness (QED) is 0.870. The summed E-state index contributed by atoms with van der Waals surface area (Å²) in [5, 5.41) is 0. The van der Waals surface area contributed by atoms with Crippen molar-refractivity contribution in [2.45, 2.75) is 6.54 Å². The summed E-state index contributed by atoms with van der Waals surface area (Å²) in [7, 11) is 0. The molecule has 2 rings (SSSR count). The van der Waals surface area contributed by atoms with Crippen molar-refractivity contribution in [3.63, 3.8) is 0 Å². The molecular formula is C13H10BrF2NO. The number of hydrogen-bond donors (Lipinski definition) is 1. The first kappa shape index (κ1) is 13.0. The largest absolute Gasteiger partial charge is 0.454 e. The third-order valence-corrected chi connectivity index (χ3v) is 2.80. The van der Waals surface area contributed by atoms with Gasteiger partial charge in [0.05, 0.1) is 0 Å². The first-order chi connectivity index (χ1) is 8.60. The molecule has 0 saturated carbocycles. The molecule has 94 valence electrons. The van der Waals surface area contributed by atoms with E-state index in [2.05, 4.69) is 15.9 Å². The lowest BCUT2D eigenvalue weighted by atomic mass is 10.2. The maximum Gasteiger partial charge on any atom is 0.201 e. The number of benzene rings is 2. The molecule has 0 spiro atoms. The van der Waals surface area contributed by atoms with Crippen LogP contribution >= 0.6 is 15.9 Å². The zero-order valence-corrected chi connectivity index (χ0v) is 10.9. The van der Waals surface area contributed by atoms with Crippen LogP contribution in [0.1, 0.15) is 5.56 Å². The van der Waals surface area contributed by atoms with Gasteiger partial charge in [-0.3, -0.25) is 0 Å². The summed E-state index contributed by atoms with van der Waals surface area (Å²) >= 11 is 3.08. The van der Waals surface area contributed by atoms with Gasteiger partial charge in [-0.1, -0.05) is 28.1 Å². The van der Waals surface area contributed by atoms with E-state index in [0.717, 1.165) is 11.6 Å². The van der Waals surface area contributed by atoms with Crippen LogP contribution < -0.4 is 10.5 Å². The molecule has 2 nitrogen and oxygen atoms in total. The lowest BCUT2D eigenvalue weighted by molar-refractivity contribution is 0.415. The predicted octanol–water partition coefficient (Wildman–Crippen LogP) is 3.98. The Bertz CT molecular complexity index is 558. The maximum atomic E-state index is 13.5. The molecule has 2 aromatic rings. The lowest BCUT2D eigenvalue weighted by Gasteiger charge is -2.08. The van der Waals surface area contributed by atoms with Gasteiger partial charge in [0.15, 0.2) is 11.6 Å². The second kappa shape index (κ2) is 5.46. The van der Waals surface area contributed by atoms with Gasteiger partial charge >= 0.3 is 0 Å². The van der Waals surface area contributed by atoms with Crippen molar-refractivity contribution >= 4 is 15.9 Å². The Hall–Kier alpha value is -1.46. The van der Waals surface area contributed by atoms with E-state index in [1.54, 1.807) is 24.3 Å². The molecule has 0 aromatic heterocycles. The molecule has 0 bridgehead atoms. The number of ether oxygens (including phenoxy) is 1. The average molecular weight is 314 g/mol. The molecular weight excluding hydrogens is 304 g/mol. The molecule has 18 heavy (non-hydrogen) atoms. The first-order valence-corrected chi connectivity index (χ1v) is 6.01. The van der Waals surface area contributed by atoms with Crippen molar-refractivity contribution in [2.75, 3.05) is 0 Å². The second-order valence-corrected chi connectivity index (χ2v) is 4.57. The van der Waals surface area contributed by atoms with Gasteiger partial charge in [-0.2, -0.15) is 4.39 Å². The number of hydrogen-bond acceptors (Lipinski definition) is 2. The third-order valence-electron chi connectivity index (χ3n) is 2.35. The predicted molar refractivity (Wildman–Crippen MR) is 68.5 cm³/mol. The summed E-state index contributed by atoms with van der Waals surface area (Å²) in [6.07, 6.45) is 0. The number of halogens is 3. The summed E-state index contributed by atoms with van der Waals surface area (Å²) in [6.45, 7) is 0.417. The molecule has 0 aliphatic heterocycles. The van der Waals surface area contributed by atoms with E-state index in [4.69, 9.17) is 10.5 Å². The third kappa shape index (κ3) is 2.86. The van der Waals surface area contributed by atoms with Crippen LogP contribution in [0, 0.1) is 11.6 Å². The van der Waals surface area contributed by atoms with E-state index >= 15 is 0 Å². The van der Waals surface area contributed by atoms with Crippen LogP contribution in [0.5, 0.6) is 11.5 Å². The summed E-state index contributed by atoms with van der Waals surface area (Å²) < 4.78 is 32.3. The monoisotopic (exact) mass is 313 g/mol. The van der Waals surface area contributed by atoms with Gasteiger partial charge in [0, 0.05) is 11.0 Å². The van der Waals surface area contributed by atoms with Gasteiger partial charge in [-0.25, -0.2) is 4.39 Å². The highest BCUT2D eigenvalue weighted by atomic mass is 79.9. The van der Waals surface area contributed by atoms with E-state index in [0.29, 0.717) is 16.8 Å². The van der Waals surface area contributed by atoms with Crippen LogP contribution in [0.25, 0.3) is 0 Å². The van der Waals surface area contributed by atoms with Crippen LogP contribution in [-0.4, -0.2) is 0 Å². The molecule has 0 atom stereocenters. The first-order valence-electron chi connectivity index (χ1n) is 5.21. The molecule has 5 heteroatoms. The van der Waals surface area contributed by atoms with Crippen LogP contribution in [0.3, 0.4) is 0 Å². The Kier molecular flexibility index (Phi) is 3.93. The van der Waals surface area contributed by atoms with Gasteiger partial charge in [-0.05, 0) is 29.8 Å². The minimum atomic E-state index is -1.01. The van der Waals surface area contributed by atoms with E-state index in [9.17, 15) is 8.78 Å². The Morgan fingerprint density at radius 1 is 1.11 bits per heavy atom. The van der Waals surface area contributed by atoms with Gasteiger partial charge in [0.2, 0.25) is 5.82 Å². The van der Waals surface area contributed by atoms with Crippen molar-refractivity contribution < 1.29 is 13.5 Å². The smallest absolute Gasteiger partial charge is 0.201 e. The minimum Gasteiger partial charge on any atom is -0.454 e. The average Bonchev–Trinajstić information content (AvgIpc) is 2.36. The molecule has 2 aromatic carbocycles. The van der Waals surface area contributed by atoms with Gasteiger partial charge in [-0.15, -0.1) is 0 Å². The second-order valence-electron chi connectivity index (χ2n) is 3.65. The normalized spacial score (nSPS) is 10.4. The summed E-state index contributed by atoms with van der Waals surface area (Å²) in [4.78, 5) is 0. The highest BCUT2D eigenvalue weighted by Gasteiger charge is 2.12. The SMILES string of the molecule is NCc1ccc(Oc2cc(Br)cc(F)c2F)cc1. The zero-order valence-electron chi connectivity index (χ0n) is 9.29. The maximum absolute atomic E-state index is 13.5. The van der Waals surface area contributed by atoms with Crippen LogP contribution in [0.4, 0.5) is 8.78 Å². The van der Waals surface area contributed by atoms with E-state index in [-0.39, 0.29) is 5.75 Å². The van der Waals surface area contributed by atoms with Crippen LogP contribution in [-0.2, 0) is 6.54 Å². The number of rotatable bonds is 3. The van der Waals surface area contributed by atoms with Gasteiger partial charge in [0.25, 0.3) is 0 Å². The molecule has 0 aliphatic carbocycles. The molecule has 0 amide bonds. The van der Waals surface area contributed by atoms with Crippen molar-refractivity contribution in [2.24, 2.45) is 5.73 Å². The lowest BCUT2D eigenvalue weighted by Crippen LogP contribution is -1.96. The van der Waals surface area contributed by atoms with Crippen LogP contribution in [0.15, 0.2) is 40.9 Å². The van der Waals surface area contributed by atoms with Gasteiger partial charge < -0.3 is 10.5 Å². The summed E-state index contributed by atoms with van der Waals surface area (Å²) in [5.41, 5.74) is 6.39. The van der Waals surface area contributed by atoms with Crippen molar-refractivity contribution in [3.05, 3.63) is 58.1 Å². The fourth-order valence-electron chi connectivity index (χ4n) is 1.43. The summed E-state index contributed by atoms with van der Waals surface area (Å²) in [6, 6.07) is 9.25. The molecule has 0 aliphatic rings. The Balaban J connectivity index is 2.27. The van der Waals surface area contributed by atoms with E-state index in [1.165, 1.54) is 6.07 Å². The summed E-state index contributed by atoms with van der Waals surface area (Å²) in [5.74, 6) is -1.72. The van der Waals surface area contributed by atoms with E-state index < -0.39 is 11.6 Å². The van der Waals surface area contributed by atoms with Crippen molar-refractivity contribution in [3.8, 4) is 11.5 Å². The highest BCUT2D eigenvalue weighted by molar-refractivity contribution is 9.10. The fourth-order valence-corrected chi connectivity index (χ4v) is 1.84. The minimum absolute atomic E-state index is 0.164. The molecule has 0 saturated heterocycles. The molecule has 2 N–H and O–H groups in total. The standard InChI is InChI=1S/C13H10BrF2NO/c14-9-5-11(15)13(16)12(6-9)18-10-3-1-8(7-17)2-4-10/h1-6H,7,17H2. The molecule has 0 radical (unpaired) electrons. The Labute approximate surface area is 112 Å². The fraction of sp³-hybridized carbons (Fsp3) is 0.0769. The number of nitrogens with two attached hydrogens (primary N) is 1. The van der Waals surface area contributed by atoms with Crippen LogP contribution in [0.2, 0.25) is 0 Å². The topological polar surface area (TPSA) is 35.2 Å².